The van der Waals surface area contributed by atoms with E-state index >= 15 is 0 Å². The summed E-state index contributed by atoms with van der Waals surface area (Å²) >= 11 is 0. The van der Waals surface area contributed by atoms with Crippen molar-refractivity contribution in [2.75, 3.05) is 6.54 Å². The van der Waals surface area contributed by atoms with Gasteiger partial charge in [0.05, 0.1) is 12.1 Å². The van der Waals surface area contributed by atoms with Crippen LogP contribution in [-0.2, 0) is 20.7 Å². The third-order valence-electron chi connectivity index (χ3n) is 5.36. The first-order valence-corrected chi connectivity index (χ1v) is 10.5. The van der Waals surface area contributed by atoms with E-state index in [1.807, 2.05) is 30.3 Å². The Morgan fingerprint density at radius 2 is 1.90 bits per heavy atom. The largest absolute Gasteiger partial charge is 0.509 e. The van der Waals surface area contributed by atoms with Gasteiger partial charge in [0.15, 0.2) is 5.78 Å². The second kappa shape index (κ2) is 8.90. The topological polar surface area (TPSA) is 95.9 Å². The molecule has 0 bridgehead atoms. The highest BCUT2D eigenvalue weighted by atomic mass is 16.6. The van der Waals surface area contributed by atoms with Gasteiger partial charge < -0.3 is 15.2 Å². The van der Waals surface area contributed by atoms with Crippen LogP contribution in [0, 0.1) is 0 Å². The molecule has 3 rings (SSSR count). The molecule has 1 aromatic carbocycles. The van der Waals surface area contributed by atoms with Gasteiger partial charge in [-0.1, -0.05) is 30.3 Å². The van der Waals surface area contributed by atoms with Crippen LogP contribution in [0.25, 0.3) is 0 Å². The van der Waals surface area contributed by atoms with Crippen LogP contribution in [-0.4, -0.2) is 52.0 Å². The highest BCUT2D eigenvalue weighted by Crippen LogP contribution is 2.27. The SMILES string of the molecule is CC(C)(C)OC(=O)N1CCCCC1C(=O)C1=C(O)C(CCc2ccccc2)NC1=O. The number of aryl methyl sites for hydroxylation is 1. The normalized spacial score (nSPS) is 22.1. The van der Waals surface area contributed by atoms with Gasteiger partial charge in [0, 0.05) is 6.54 Å². The molecule has 2 atom stereocenters. The summed E-state index contributed by atoms with van der Waals surface area (Å²) in [5.74, 6) is -1.32. The summed E-state index contributed by atoms with van der Waals surface area (Å²) in [4.78, 5) is 39.7. The summed E-state index contributed by atoms with van der Waals surface area (Å²) in [6, 6.07) is 8.34. The molecule has 2 aliphatic heterocycles. The number of amides is 2. The monoisotopic (exact) mass is 414 g/mol. The molecule has 7 nitrogen and oxygen atoms in total. The number of nitrogens with zero attached hydrogens (tertiary/aromatic N) is 1. The summed E-state index contributed by atoms with van der Waals surface area (Å²) in [5, 5.41) is 13.4. The quantitative estimate of drug-likeness (QED) is 0.721. The number of likely N-dealkylation sites (tertiary alicyclic amines) is 1. The lowest BCUT2D eigenvalue weighted by atomic mass is 9.93. The van der Waals surface area contributed by atoms with Crippen LogP contribution in [0.5, 0.6) is 0 Å². The molecule has 7 heteroatoms. The van der Waals surface area contributed by atoms with Crippen molar-refractivity contribution in [3.63, 3.8) is 0 Å². The third kappa shape index (κ3) is 5.01. The van der Waals surface area contributed by atoms with Crippen LogP contribution in [0.4, 0.5) is 4.79 Å². The lowest BCUT2D eigenvalue weighted by Gasteiger charge is -2.35. The van der Waals surface area contributed by atoms with E-state index in [4.69, 9.17) is 4.74 Å². The van der Waals surface area contributed by atoms with Gasteiger partial charge >= 0.3 is 6.09 Å². The molecule has 30 heavy (non-hydrogen) atoms. The van der Waals surface area contributed by atoms with E-state index in [1.54, 1.807) is 20.8 Å². The Labute approximate surface area is 177 Å². The molecule has 0 saturated carbocycles. The smallest absolute Gasteiger partial charge is 0.410 e. The molecule has 0 spiro atoms. The highest BCUT2D eigenvalue weighted by Gasteiger charge is 2.42. The predicted octanol–water partition coefficient (Wildman–Crippen LogP) is 3.29. The fraction of sp³-hybridized carbons (Fsp3) is 0.522. The van der Waals surface area contributed by atoms with Crippen molar-refractivity contribution in [2.45, 2.75) is 70.6 Å². The third-order valence-corrected chi connectivity index (χ3v) is 5.36. The minimum atomic E-state index is -0.802. The fourth-order valence-electron chi connectivity index (χ4n) is 3.90. The molecule has 0 aliphatic carbocycles. The number of carbonyl (C=O) groups is 3. The maximum Gasteiger partial charge on any atom is 0.410 e. The standard InChI is InChI=1S/C23H30N2O5/c1-23(2,3)30-22(29)25-14-8-7-11-17(25)20(27)18-19(26)16(24-21(18)28)13-12-15-9-5-4-6-10-15/h4-6,9-10,16-17,26H,7-8,11-14H2,1-3H3,(H,24,28). The number of ether oxygens (including phenoxy) is 1. The molecule has 2 unspecified atom stereocenters. The van der Waals surface area contributed by atoms with Gasteiger partial charge in [0.2, 0.25) is 0 Å². The van der Waals surface area contributed by atoms with Gasteiger partial charge in [-0.3, -0.25) is 14.5 Å². The Balaban J connectivity index is 1.74. The van der Waals surface area contributed by atoms with Gasteiger partial charge in [0.25, 0.3) is 5.91 Å². The Morgan fingerprint density at radius 1 is 1.20 bits per heavy atom. The first kappa shape index (κ1) is 21.9. The first-order valence-electron chi connectivity index (χ1n) is 10.5. The maximum absolute atomic E-state index is 13.2. The summed E-state index contributed by atoms with van der Waals surface area (Å²) in [6.45, 7) is 5.68. The number of benzene rings is 1. The average molecular weight is 415 g/mol. The van der Waals surface area contributed by atoms with E-state index in [0.717, 1.165) is 18.4 Å². The molecular formula is C23H30N2O5. The van der Waals surface area contributed by atoms with Crippen molar-refractivity contribution < 1.29 is 24.2 Å². The van der Waals surface area contributed by atoms with E-state index in [1.165, 1.54) is 4.90 Å². The van der Waals surface area contributed by atoms with Crippen molar-refractivity contribution in [3.8, 4) is 0 Å². The van der Waals surface area contributed by atoms with Crippen molar-refractivity contribution >= 4 is 17.8 Å². The zero-order chi connectivity index (χ0) is 21.9. The molecule has 2 N–H and O–H groups in total. The molecule has 1 aromatic rings. The number of aliphatic hydroxyl groups excluding tert-OH is 1. The molecular weight excluding hydrogens is 384 g/mol. The summed E-state index contributed by atoms with van der Waals surface area (Å²) in [5.41, 5.74) is 0.174. The van der Waals surface area contributed by atoms with Gasteiger partial charge in [-0.2, -0.15) is 0 Å². The van der Waals surface area contributed by atoms with E-state index in [9.17, 15) is 19.5 Å². The zero-order valence-electron chi connectivity index (χ0n) is 17.8. The number of rotatable bonds is 5. The van der Waals surface area contributed by atoms with Gasteiger partial charge in [0.1, 0.15) is 16.9 Å². The van der Waals surface area contributed by atoms with Crippen molar-refractivity contribution in [1.29, 1.82) is 0 Å². The van der Waals surface area contributed by atoms with Crippen LogP contribution in [0.1, 0.15) is 52.0 Å². The lowest BCUT2D eigenvalue weighted by Crippen LogP contribution is -2.50. The molecule has 0 aromatic heterocycles. The van der Waals surface area contributed by atoms with Gasteiger partial charge in [-0.25, -0.2) is 4.79 Å². The van der Waals surface area contributed by atoms with Gasteiger partial charge in [-0.05, 0) is 58.4 Å². The molecule has 2 heterocycles. The van der Waals surface area contributed by atoms with Crippen LogP contribution in [0.3, 0.4) is 0 Å². The van der Waals surface area contributed by atoms with Crippen LogP contribution in [0.15, 0.2) is 41.7 Å². The van der Waals surface area contributed by atoms with Crippen LogP contribution >= 0.6 is 0 Å². The number of hydrogen-bond donors (Lipinski definition) is 2. The van der Waals surface area contributed by atoms with E-state index in [0.29, 0.717) is 25.8 Å². The second-order valence-corrected chi connectivity index (χ2v) is 8.86. The fourth-order valence-corrected chi connectivity index (χ4v) is 3.90. The minimum Gasteiger partial charge on any atom is -0.509 e. The Morgan fingerprint density at radius 3 is 2.57 bits per heavy atom. The molecule has 1 saturated heterocycles. The Kier molecular flexibility index (Phi) is 6.48. The molecule has 162 valence electrons. The first-order chi connectivity index (χ1) is 14.2. The molecule has 2 aliphatic rings. The predicted molar refractivity (Wildman–Crippen MR) is 112 cm³/mol. The van der Waals surface area contributed by atoms with E-state index < -0.39 is 35.5 Å². The minimum absolute atomic E-state index is 0.226. The number of hydrogen-bond acceptors (Lipinski definition) is 5. The number of ketones is 1. The number of nitrogens with one attached hydrogen (secondary N) is 1. The van der Waals surface area contributed by atoms with E-state index in [2.05, 4.69) is 5.32 Å². The number of carbonyl (C=O) groups excluding carboxylic acids is 3. The Bertz CT molecular complexity index is 841. The van der Waals surface area contributed by atoms with E-state index in [-0.39, 0.29) is 11.3 Å². The molecule has 1 fully saturated rings. The molecule has 0 radical (unpaired) electrons. The number of Topliss-reactive ketones (excluding diaryl/α,β-unsaturated/α-hetero) is 1. The van der Waals surface area contributed by atoms with Crippen LogP contribution < -0.4 is 5.32 Å². The second-order valence-electron chi connectivity index (χ2n) is 8.86. The van der Waals surface area contributed by atoms with Crippen molar-refractivity contribution in [3.05, 3.63) is 47.2 Å². The summed E-state index contributed by atoms with van der Waals surface area (Å²) < 4.78 is 5.44. The zero-order valence-corrected chi connectivity index (χ0v) is 17.8. The lowest BCUT2D eigenvalue weighted by molar-refractivity contribution is -0.125. The summed E-state index contributed by atoms with van der Waals surface area (Å²) in [6.07, 6.45) is 2.54. The number of aliphatic hydroxyl groups is 1. The number of piperidine rings is 1. The Hall–Kier alpha value is -2.83. The van der Waals surface area contributed by atoms with Gasteiger partial charge in [-0.15, -0.1) is 0 Å². The average Bonchev–Trinajstić information content (AvgIpc) is 2.98. The molecule has 2 amide bonds. The highest BCUT2D eigenvalue weighted by molar-refractivity contribution is 6.23. The summed E-state index contributed by atoms with van der Waals surface area (Å²) in [7, 11) is 0. The van der Waals surface area contributed by atoms with Crippen molar-refractivity contribution in [2.24, 2.45) is 0 Å². The maximum atomic E-state index is 13.2. The van der Waals surface area contributed by atoms with Crippen LogP contribution in [0.2, 0.25) is 0 Å². The van der Waals surface area contributed by atoms with Crippen molar-refractivity contribution in [1.82, 2.24) is 10.2 Å².